The van der Waals surface area contributed by atoms with Gasteiger partial charge in [0.15, 0.2) is 0 Å². The molecule has 1 aliphatic rings. The fraction of sp³-hybridized carbons (Fsp3) is 0.500. The number of carboxylic acid groups (broad SMARTS) is 1. The summed E-state index contributed by atoms with van der Waals surface area (Å²) in [5.41, 5.74) is 1.50. The monoisotopic (exact) mass is 324 g/mol. The van der Waals surface area contributed by atoms with Gasteiger partial charge < -0.3 is 15.7 Å². The van der Waals surface area contributed by atoms with Gasteiger partial charge >= 0.3 is 5.97 Å². The van der Waals surface area contributed by atoms with Crippen LogP contribution < -0.4 is 10.6 Å². The number of aliphatic carboxylic acids is 1. The van der Waals surface area contributed by atoms with E-state index in [1.165, 1.54) is 0 Å². The predicted octanol–water partition coefficient (Wildman–Crippen LogP) is 2.96. The van der Waals surface area contributed by atoms with Gasteiger partial charge in [0.25, 0.3) is 0 Å². The molecule has 1 aromatic carbocycles. The average Bonchev–Trinajstić information content (AvgIpc) is 2.95. The van der Waals surface area contributed by atoms with E-state index in [0.29, 0.717) is 10.7 Å². The van der Waals surface area contributed by atoms with Crippen LogP contribution in [0.2, 0.25) is 5.02 Å². The Balaban J connectivity index is 1.95. The zero-order valence-electron chi connectivity index (χ0n) is 12.6. The topological polar surface area (TPSA) is 78.4 Å². The molecule has 0 bridgehead atoms. The van der Waals surface area contributed by atoms with Crippen molar-refractivity contribution in [3.63, 3.8) is 0 Å². The fourth-order valence-corrected chi connectivity index (χ4v) is 2.88. The Bertz CT molecular complexity index is 556. The first kappa shape index (κ1) is 16.8. The first-order valence-corrected chi connectivity index (χ1v) is 7.88. The van der Waals surface area contributed by atoms with Gasteiger partial charge in [-0.2, -0.15) is 0 Å². The molecule has 0 aliphatic heterocycles. The summed E-state index contributed by atoms with van der Waals surface area (Å²) in [4.78, 5) is 23.4. The molecular weight excluding hydrogens is 304 g/mol. The van der Waals surface area contributed by atoms with Crippen LogP contribution in [0.15, 0.2) is 18.2 Å². The molecule has 22 heavy (non-hydrogen) atoms. The van der Waals surface area contributed by atoms with Crippen molar-refractivity contribution in [3.8, 4) is 0 Å². The summed E-state index contributed by atoms with van der Waals surface area (Å²) in [6.07, 6.45) is 4.06. The number of anilines is 1. The predicted molar refractivity (Wildman–Crippen MR) is 86.3 cm³/mol. The Kier molecular flexibility index (Phi) is 5.80. The minimum absolute atomic E-state index is 0.0994. The second-order valence-corrected chi connectivity index (χ2v) is 6.19. The number of hydrogen-bond acceptors (Lipinski definition) is 3. The molecule has 6 heteroatoms. The molecule has 1 amide bonds. The van der Waals surface area contributed by atoms with E-state index in [1.54, 1.807) is 12.1 Å². The largest absolute Gasteiger partial charge is 0.480 e. The second kappa shape index (κ2) is 7.61. The van der Waals surface area contributed by atoms with Crippen LogP contribution in [0.5, 0.6) is 0 Å². The molecule has 120 valence electrons. The van der Waals surface area contributed by atoms with E-state index in [1.807, 2.05) is 13.0 Å². The van der Waals surface area contributed by atoms with Gasteiger partial charge in [0, 0.05) is 16.8 Å². The van der Waals surface area contributed by atoms with Crippen molar-refractivity contribution >= 4 is 29.2 Å². The molecule has 1 aromatic rings. The van der Waals surface area contributed by atoms with Crippen LogP contribution in [0, 0.1) is 6.92 Å². The third-order valence-corrected chi connectivity index (χ3v) is 4.19. The summed E-state index contributed by atoms with van der Waals surface area (Å²) in [7, 11) is 0. The molecule has 1 aliphatic carbocycles. The van der Waals surface area contributed by atoms with Gasteiger partial charge in [0.05, 0.1) is 6.42 Å². The van der Waals surface area contributed by atoms with Crippen LogP contribution in [0.25, 0.3) is 0 Å². The zero-order valence-corrected chi connectivity index (χ0v) is 13.3. The molecular formula is C16H21ClN2O3. The molecule has 0 heterocycles. The van der Waals surface area contributed by atoms with Crippen molar-refractivity contribution in [2.75, 3.05) is 5.32 Å². The standard InChI is InChI=1S/C16H21ClN2O3/c1-10-6-7-11(17)8-13(10)19-15(20)9-14(16(21)22)18-12-4-2-3-5-12/h6-8,12,14,18H,2-5,9H2,1H3,(H,19,20)(H,21,22). The maximum Gasteiger partial charge on any atom is 0.321 e. The third-order valence-electron chi connectivity index (χ3n) is 3.95. The summed E-state index contributed by atoms with van der Waals surface area (Å²) in [5, 5.41) is 15.6. The van der Waals surface area contributed by atoms with Crippen molar-refractivity contribution in [2.24, 2.45) is 0 Å². The molecule has 0 saturated heterocycles. The lowest BCUT2D eigenvalue weighted by Crippen LogP contribution is -2.44. The van der Waals surface area contributed by atoms with E-state index in [-0.39, 0.29) is 18.4 Å². The Morgan fingerprint density at radius 1 is 1.36 bits per heavy atom. The number of aryl methyl sites for hydroxylation is 1. The molecule has 0 aromatic heterocycles. The molecule has 1 saturated carbocycles. The smallest absolute Gasteiger partial charge is 0.321 e. The zero-order chi connectivity index (χ0) is 16.1. The number of nitrogens with one attached hydrogen (secondary N) is 2. The van der Waals surface area contributed by atoms with Gasteiger partial charge in [-0.25, -0.2) is 0 Å². The summed E-state index contributed by atoms with van der Waals surface area (Å²) < 4.78 is 0. The number of carbonyl (C=O) groups is 2. The first-order chi connectivity index (χ1) is 10.5. The number of carboxylic acids is 1. The first-order valence-electron chi connectivity index (χ1n) is 7.50. The van der Waals surface area contributed by atoms with E-state index in [9.17, 15) is 14.7 Å². The van der Waals surface area contributed by atoms with Crippen molar-refractivity contribution in [1.82, 2.24) is 5.32 Å². The van der Waals surface area contributed by atoms with Crippen LogP contribution in [-0.4, -0.2) is 29.1 Å². The summed E-state index contributed by atoms with van der Waals surface area (Å²) in [6.45, 7) is 1.86. The highest BCUT2D eigenvalue weighted by Gasteiger charge is 2.26. The van der Waals surface area contributed by atoms with E-state index in [0.717, 1.165) is 31.2 Å². The fourth-order valence-electron chi connectivity index (χ4n) is 2.71. The minimum atomic E-state index is -0.995. The van der Waals surface area contributed by atoms with Gasteiger partial charge in [-0.3, -0.25) is 9.59 Å². The number of halogens is 1. The van der Waals surface area contributed by atoms with Crippen LogP contribution in [0.4, 0.5) is 5.69 Å². The third kappa shape index (κ3) is 4.71. The Hall–Kier alpha value is -1.59. The number of amides is 1. The molecule has 1 fully saturated rings. The van der Waals surface area contributed by atoms with Crippen molar-refractivity contribution < 1.29 is 14.7 Å². The lowest BCUT2D eigenvalue weighted by Gasteiger charge is -2.19. The highest BCUT2D eigenvalue weighted by atomic mass is 35.5. The molecule has 3 N–H and O–H groups in total. The highest BCUT2D eigenvalue weighted by Crippen LogP contribution is 2.21. The minimum Gasteiger partial charge on any atom is -0.480 e. The number of hydrogen-bond donors (Lipinski definition) is 3. The molecule has 5 nitrogen and oxygen atoms in total. The Labute approximate surface area is 135 Å². The molecule has 0 spiro atoms. The molecule has 1 atom stereocenters. The average molecular weight is 325 g/mol. The number of rotatable bonds is 6. The second-order valence-electron chi connectivity index (χ2n) is 5.75. The van der Waals surface area contributed by atoms with Gasteiger partial charge in [-0.1, -0.05) is 30.5 Å². The number of carbonyl (C=O) groups excluding carboxylic acids is 1. The van der Waals surface area contributed by atoms with Crippen molar-refractivity contribution in [1.29, 1.82) is 0 Å². The maximum atomic E-state index is 12.1. The lowest BCUT2D eigenvalue weighted by molar-refractivity contribution is -0.141. The van der Waals surface area contributed by atoms with Gasteiger partial charge in [-0.15, -0.1) is 0 Å². The van der Waals surface area contributed by atoms with Crippen LogP contribution in [-0.2, 0) is 9.59 Å². The van der Waals surface area contributed by atoms with Crippen molar-refractivity contribution in [2.45, 2.75) is 51.1 Å². The van der Waals surface area contributed by atoms with E-state index < -0.39 is 12.0 Å². The lowest BCUT2D eigenvalue weighted by atomic mass is 10.1. The maximum absolute atomic E-state index is 12.1. The highest BCUT2D eigenvalue weighted by molar-refractivity contribution is 6.31. The van der Waals surface area contributed by atoms with Crippen LogP contribution in [0.1, 0.15) is 37.7 Å². The van der Waals surface area contributed by atoms with Gasteiger partial charge in [0.2, 0.25) is 5.91 Å². The van der Waals surface area contributed by atoms with E-state index in [2.05, 4.69) is 10.6 Å². The SMILES string of the molecule is Cc1ccc(Cl)cc1NC(=O)CC(NC1CCCC1)C(=O)O. The van der Waals surface area contributed by atoms with Gasteiger partial charge in [-0.05, 0) is 37.5 Å². The molecule has 0 radical (unpaired) electrons. The Morgan fingerprint density at radius 3 is 2.68 bits per heavy atom. The van der Waals surface area contributed by atoms with Crippen molar-refractivity contribution in [3.05, 3.63) is 28.8 Å². The van der Waals surface area contributed by atoms with Crippen LogP contribution in [0.3, 0.4) is 0 Å². The molecule has 2 rings (SSSR count). The molecule has 1 unspecified atom stereocenters. The quantitative estimate of drug-likeness (QED) is 0.751. The normalized spacial score (nSPS) is 16.5. The van der Waals surface area contributed by atoms with Gasteiger partial charge in [0.1, 0.15) is 6.04 Å². The summed E-state index contributed by atoms with van der Waals surface area (Å²) in [6, 6.07) is 4.55. The summed E-state index contributed by atoms with van der Waals surface area (Å²) >= 11 is 5.91. The van der Waals surface area contributed by atoms with E-state index >= 15 is 0 Å². The Morgan fingerprint density at radius 2 is 2.05 bits per heavy atom. The van der Waals surface area contributed by atoms with Crippen LogP contribution >= 0.6 is 11.6 Å². The summed E-state index contributed by atoms with van der Waals surface area (Å²) in [5.74, 6) is -1.33. The van der Waals surface area contributed by atoms with E-state index in [4.69, 9.17) is 11.6 Å². The number of benzene rings is 1.